The van der Waals surface area contributed by atoms with Crippen LogP contribution in [0.25, 0.3) is 0 Å². The summed E-state index contributed by atoms with van der Waals surface area (Å²) in [6.07, 6.45) is -4.35. The zero-order chi connectivity index (χ0) is 21.9. The Morgan fingerprint density at radius 2 is 1.67 bits per heavy atom. The van der Waals surface area contributed by atoms with Gasteiger partial charge in [-0.1, -0.05) is 0 Å². The van der Waals surface area contributed by atoms with Crippen molar-refractivity contribution >= 4 is 23.3 Å². The van der Waals surface area contributed by atoms with E-state index in [0.29, 0.717) is 37.4 Å². The Bertz CT molecular complexity index is 921. The number of nitrogens with one attached hydrogen (secondary N) is 1. The number of nitrogens with zero attached hydrogens (tertiary/aromatic N) is 2. The second-order valence-electron chi connectivity index (χ2n) is 7.19. The molecule has 1 saturated heterocycles. The molecule has 0 radical (unpaired) electrons. The molecule has 6 nitrogen and oxygen atoms in total. The summed E-state index contributed by atoms with van der Waals surface area (Å²) in [6.45, 7) is 4.26. The summed E-state index contributed by atoms with van der Waals surface area (Å²) in [5.41, 5.74) is 1.33. The highest BCUT2D eigenvalue weighted by molar-refractivity contribution is 5.94. The van der Waals surface area contributed by atoms with Crippen LogP contribution in [-0.4, -0.2) is 54.6 Å². The van der Waals surface area contributed by atoms with Gasteiger partial charge in [0, 0.05) is 37.6 Å². The number of carbonyl (C=O) groups is 2. The number of piperazine rings is 1. The molecular weight excluding hydrogens is 399 g/mol. The first-order valence-corrected chi connectivity index (χ1v) is 9.42. The standard InChI is InChI=1S/C21H22F3N3O3/c1-14-12-16(4-7-18(14)20(29)30)25-19(28)13-26-8-10-27(11-9-26)17-5-2-15(3-6-17)21(22,23)24/h2-7,12H,8-11,13H2,1H3,(H,25,28)(H,29,30). The number of amides is 1. The third-order valence-electron chi connectivity index (χ3n) is 5.04. The zero-order valence-electron chi connectivity index (χ0n) is 16.4. The Morgan fingerprint density at radius 3 is 2.20 bits per heavy atom. The van der Waals surface area contributed by atoms with Crippen molar-refractivity contribution < 1.29 is 27.9 Å². The van der Waals surface area contributed by atoms with Crippen molar-refractivity contribution in [1.82, 2.24) is 4.90 Å². The van der Waals surface area contributed by atoms with Gasteiger partial charge in [-0.3, -0.25) is 9.69 Å². The van der Waals surface area contributed by atoms with E-state index in [2.05, 4.69) is 5.32 Å². The van der Waals surface area contributed by atoms with Gasteiger partial charge in [-0.05, 0) is 55.0 Å². The van der Waals surface area contributed by atoms with Crippen molar-refractivity contribution in [3.63, 3.8) is 0 Å². The maximum atomic E-state index is 12.7. The van der Waals surface area contributed by atoms with E-state index in [1.807, 2.05) is 9.80 Å². The lowest BCUT2D eigenvalue weighted by Gasteiger charge is -2.35. The molecule has 0 aliphatic carbocycles. The maximum absolute atomic E-state index is 12.7. The van der Waals surface area contributed by atoms with Crippen LogP contribution >= 0.6 is 0 Å². The fraction of sp³-hybridized carbons (Fsp3) is 0.333. The number of carboxylic acid groups (broad SMARTS) is 1. The molecule has 1 aliphatic heterocycles. The van der Waals surface area contributed by atoms with Crippen LogP contribution in [0.1, 0.15) is 21.5 Å². The van der Waals surface area contributed by atoms with E-state index in [4.69, 9.17) is 5.11 Å². The first kappa shape index (κ1) is 21.6. The predicted octanol–water partition coefficient (Wildman–Crippen LogP) is 3.47. The van der Waals surface area contributed by atoms with E-state index in [1.54, 1.807) is 19.1 Å². The molecule has 1 heterocycles. The van der Waals surface area contributed by atoms with Gasteiger partial charge in [0.15, 0.2) is 0 Å². The van der Waals surface area contributed by atoms with E-state index in [1.165, 1.54) is 18.2 Å². The number of aromatic carboxylic acids is 1. The molecule has 3 rings (SSSR count). The molecule has 2 N–H and O–H groups in total. The minimum atomic E-state index is -4.35. The molecule has 1 amide bonds. The Kier molecular flexibility index (Phi) is 6.31. The number of carboxylic acids is 1. The highest BCUT2D eigenvalue weighted by Gasteiger charge is 2.30. The van der Waals surface area contributed by atoms with Gasteiger partial charge in [0.1, 0.15) is 0 Å². The zero-order valence-corrected chi connectivity index (χ0v) is 16.4. The van der Waals surface area contributed by atoms with Gasteiger partial charge in [0.25, 0.3) is 0 Å². The Morgan fingerprint density at radius 1 is 1.03 bits per heavy atom. The molecule has 0 unspecified atom stereocenters. The van der Waals surface area contributed by atoms with Crippen molar-refractivity contribution in [3.8, 4) is 0 Å². The van der Waals surface area contributed by atoms with Crippen LogP contribution in [0.4, 0.5) is 24.5 Å². The number of halogens is 3. The Hall–Kier alpha value is -3.07. The van der Waals surface area contributed by atoms with Crippen LogP contribution in [0.15, 0.2) is 42.5 Å². The summed E-state index contributed by atoms with van der Waals surface area (Å²) in [7, 11) is 0. The monoisotopic (exact) mass is 421 g/mol. The first-order valence-electron chi connectivity index (χ1n) is 9.42. The fourth-order valence-corrected chi connectivity index (χ4v) is 3.41. The number of benzene rings is 2. The third-order valence-corrected chi connectivity index (χ3v) is 5.04. The van der Waals surface area contributed by atoms with Crippen molar-refractivity contribution in [1.29, 1.82) is 0 Å². The first-order chi connectivity index (χ1) is 14.1. The van der Waals surface area contributed by atoms with Crippen molar-refractivity contribution in [3.05, 3.63) is 59.2 Å². The van der Waals surface area contributed by atoms with Crippen LogP contribution in [0.5, 0.6) is 0 Å². The van der Waals surface area contributed by atoms with E-state index < -0.39 is 17.7 Å². The SMILES string of the molecule is Cc1cc(NC(=O)CN2CCN(c3ccc(C(F)(F)F)cc3)CC2)ccc1C(=O)O. The van der Waals surface area contributed by atoms with Crippen LogP contribution < -0.4 is 10.2 Å². The molecule has 0 saturated carbocycles. The molecule has 2 aromatic carbocycles. The summed E-state index contributed by atoms with van der Waals surface area (Å²) in [4.78, 5) is 27.3. The fourth-order valence-electron chi connectivity index (χ4n) is 3.41. The quantitative estimate of drug-likeness (QED) is 0.774. The summed E-state index contributed by atoms with van der Waals surface area (Å²) in [5.74, 6) is -1.23. The molecule has 0 aromatic heterocycles. The van der Waals surface area contributed by atoms with Crippen molar-refractivity contribution in [2.24, 2.45) is 0 Å². The van der Waals surface area contributed by atoms with Crippen LogP contribution in [0.3, 0.4) is 0 Å². The molecule has 0 atom stereocenters. The lowest BCUT2D eigenvalue weighted by Crippen LogP contribution is -2.48. The number of anilines is 2. The predicted molar refractivity (Wildman–Crippen MR) is 107 cm³/mol. The minimum absolute atomic E-state index is 0.181. The maximum Gasteiger partial charge on any atom is 0.416 e. The van der Waals surface area contributed by atoms with Crippen LogP contribution in [-0.2, 0) is 11.0 Å². The minimum Gasteiger partial charge on any atom is -0.478 e. The van der Waals surface area contributed by atoms with Gasteiger partial charge in [-0.2, -0.15) is 13.2 Å². The van der Waals surface area contributed by atoms with Crippen molar-refractivity contribution in [2.45, 2.75) is 13.1 Å². The Labute approximate surface area is 171 Å². The lowest BCUT2D eigenvalue weighted by atomic mass is 10.1. The molecule has 1 fully saturated rings. The normalized spacial score (nSPS) is 15.1. The molecule has 0 spiro atoms. The number of hydrogen-bond acceptors (Lipinski definition) is 4. The highest BCUT2D eigenvalue weighted by atomic mass is 19.4. The number of hydrogen-bond donors (Lipinski definition) is 2. The average molecular weight is 421 g/mol. The molecule has 160 valence electrons. The molecule has 30 heavy (non-hydrogen) atoms. The average Bonchev–Trinajstić information content (AvgIpc) is 2.68. The molecule has 0 bridgehead atoms. The summed E-state index contributed by atoms with van der Waals surface area (Å²) < 4.78 is 38.1. The second kappa shape index (κ2) is 8.74. The number of aryl methyl sites for hydroxylation is 1. The molecule has 9 heteroatoms. The van der Waals surface area contributed by atoms with Gasteiger partial charge in [0.05, 0.1) is 17.7 Å². The molecular formula is C21H22F3N3O3. The molecule has 2 aromatic rings. The smallest absolute Gasteiger partial charge is 0.416 e. The summed E-state index contributed by atoms with van der Waals surface area (Å²) in [5, 5.41) is 11.8. The summed E-state index contributed by atoms with van der Waals surface area (Å²) >= 11 is 0. The van der Waals surface area contributed by atoms with Crippen LogP contribution in [0, 0.1) is 6.92 Å². The van der Waals surface area contributed by atoms with E-state index >= 15 is 0 Å². The molecule has 1 aliphatic rings. The second-order valence-corrected chi connectivity index (χ2v) is 7.19. The number of alkyl halides is 3. The lowest BCUT2D eigenvalue weighted by molar-refractivity contribution is -0.137. The van der Waals surface area contributed by atoms with Gasteiger partial charge in [-0.25, -0.2) is 4.79 Å². The van der Waals surface area contributed by atoms with Gasteiger partial charge >= 0.3 is 12.1 Å². The third kappa shape index (κ3) is 5.29. The Balaban J connectivity index is 1.50. The summed E-state index contributed by atoms with van der Waals surface area (Å²) in [6, 6.07) is 9.71. The largest absolute Gasteiger partial charge is 0.478 e. The number of rotatable bonds is 5. The van der Waals surface area contributed by atoms with Gasteiger partial charge in [-0.15, -0.1) is 0 Å². The highest BCUT2D eigenvalue weighted by Crippen LogP contribution is 2.30. The van der Waals surface area contributed by atoms with E-state index in [0.717, 1.165) is 17.8 Å². The van der Waals surface area contributed by atoms with E-state index in [-0.39, 0.29) is 18.0 Å². The van der Waals surface area contributed by atoms with Gasteiger partial charge < -0.3 is 15.3 Å². The van der Waals surface area contributed by atoms with Gasteiger partial charge in [0.2, 0.25) is 5.91 Å². The van der Waals surface area contributed by atoms with Crippen LogP contribution in [0.2, 0.25) is 0 Å². The topological polar surface area (TPSA) is 72.9 Å². The van der Waals surface area contributed by atoms with E-state index in [9.17, 15) is 22.8 Å². The van der Waals surface area contributed by atoms with Crippen molar-refractivity contribution in [2.75, 3.05) is 42.9 Å². The number of carbonyl (C=O) groups excluding carboxylic acids is 1.